The minimum Gasteiger partial charge on any atom is -0.371 e. The second-order valence-electron chi connectivity index (χ2n) is 10.3. The fraction of sp³-hybridized carbons (Fsp3) is 0.625. The molecule has 1 amide bonds. The smallest absolute Gasteiger partial charge is 0.254 e. The van der Waals surface area contributed by atoms with Gasteiger partial charge in [0.1, 0.15) is 16.6 Å². The number of ether oxygens (including phenoxy) is 1. The lowest BCUT2D eigenvalue weighted by molar-refractivity contribution is 0.0204. The van der Waals surface area contributed by atoms with Crippen molar-refractivity contribution in [1.82, 2.24) is 15.3 Å². The van der Waals surface area contributed by atoms with Crippen LogP contribution in [0.5, 0.6) is 0 Å². The van der Waals surface area contributed by atoms with E-state index < -0.39 is 0 Å². The Bertz CT molecular complexity index is 1060. The van der Waals surface area contributed by atoms with E-state index in [9.17, 15) is 4.79 Å². The average Bonchev–Trinajstić information content (AvgIpc) is 3.20. The second kappa shape index (κ2) is 7.42. The molecule has 6 rings (SSSR count). The summed E-state index contributed by atoms with van der Waals surface area (Å²) >= 11 is 1.62. The van der Waals surface area contributed by atoms with Crippen molar-refractivity contribution >= 4 is 28.9 Å². The van der Waals surface area contributed by atoms with Gasteiger partial charge in [0.15, 0.2) is 0 Å². The number of pyridine rings is 1. The normalized spacial score (nSPS) is 23.8. The first-order valence-electron chi connectivity index (χ1n) is 11.9. The second-order valence-corrected chi connectivity index (χ2v) is 11.1. The van der Waals surface area contributed by atoms with E-state index in [0.29, 0.717) is 12.1 Å². The molecule has 8 heteroatoms. The lowest BCUT2D eigenvalue weighted by Gasteiger charge is -2.38. The molecule has 1 N–H and O–H groups in total. The molecule has 2 aromatic heterocycles. The van der Waals surface area contributed by atoms with Crippen molar-refractivity contribution in [3.63, 3.8) is 0 Å². The maximum absolute atomic E-state index is 12.7. The molecule has 3 aliphatic heterocycles. The van der Waals surface area contributed by atoms with E-state index in [1.165, 1.54) is 19.3 Å². The van der Waals surface area contributed by atoms with Crippen molar-refractivity contribution in [1.29, 1.82) is 0 Å². The number of rotatable bonds is 3. The Hall–Kier alpha value is -2.19. The van der Waals surface area contributed by atoms with Crippen molar-refractivity contribution in [2.75, 3.05) is 36.0 Å². The third kappa shape index (κ3) is 3.48. The average molecular weight is 454 g/mol. The molecule has 0 bridgehead atoms. The molecule has 1 saturated carbocycles. The Labute approximate surface area is 193 Å². The number of hydrogen-bond donors (Lipinski definition) is 1. The summed E-state index contributed by atoms with van der Waals surface area (Å²) in [4.78, 5) is 27.5. The monoisotopic (exact) mass is 453 g/mol. The largest absolute Gasteiger partial charge is 0.371 e. The number of nitrogens with zero attached hydrogens (tertiary/aromatic N) is 4. The first-order chi connectivity index (χ1) is 15.4. The molecule has 1 spiro atoms. The van der Waals surface area contributed by atoms with Crippen LogP contribution in [0.3, 0.4) is 0 Å². The van der Waals surface area contributed by atoms with Gasteiger partial charge in [-0.05, 0) is 45.6 Å². The van der Waals surface area contributed by atoms with Gasteiger partial charge in [-0.1, -0.05) is 12.8 Å². The van der Waals surface area contributed by atoms with Crippen LogP contribution in [0.1, 0.15) is 68.4 Å². The van der Waals surface area contributed by atoms with E-state index in [1.807, 2.05) is 0 Å². The minimum atomic E-state index is -0.0377. The lowest BCUT2D eigenvalue weighted by atomic mass is 9.96. The van der Waals surface area contributed by atoms with Gasteiger partial charge < -0.3 is 19.9 Å². The molecule has 3 fully saturated rings. The lowest BCUT2D eigenvalue weighted by Crippen LogP contribution is -2.44. The van der Waals surface area contributed by atoms with Crippen LogP contribution in [-0.4, -0.2) is 53.3 Å². The number of nitrogens with one attached hydrogen (secondary N) is 1. The SMILES string of the molecule is CC1(C)CCCCCN1c1cc(-c2nc(N3CCOC4(CC4)C3)cs2)c2c(n1)CNC2=O. The summed E-state index contributed by atoms with van der Waals surface area (Å²) in [5.74, 6) is 1.94. The number of hydrogen-bond acceptors (Lipinski definition) is 7. The summed E-state index contributed by atoms with van der Waals surface area (Å²) in [5.41, 5.74) is 2.58. The fourth-order valence-corrected chi connectivity index (χ4v) is 6.26. The number of thiazole rings is 1. The fourth-order valence-electron chi connectivity index (χ4n) is 5.41. The number of morpholine rings is 1. The Morgan fingerprint density at radius 3 is 2.81 bits per heavy atom. The van der Waals surface area contributed by atoms with Crippen LogP contribution in [-0.2, 0) is 11.3 Å². The van der Waals surface area contributed by atoms with Gasteiger partial charge in [0.2, 0.25) is 0 Å². The molecule has 0 atom stereocenters. The quantitative estimate of drug-likeness (QED) is 0.758. The van der Waals surface area contributed by atoms with Gasteiger partial charge >= 0.3 is 0 Å². The summed E-state index contributed by atoms with van der Waals surface area (Å²) in [5, 5.41) is 6.01. The first kappa shape index (κ1) is 20.4. The van der Waals surface area contributed by atoms with Crippen LogP contribution in [0.4, 0.5) is 11.6 Å². The molecule has 0 radical (unpaired) electrons. The summed E-state index contributed by atoms with van der Waals surface area (Å²) in [6, 6.07) is 2.11. The Balaban J connectivity index is 1.38. The van der Waals surface area contributed by atoms with Crippen LogP contribution < -0.4 is 15.1 Å². The highest BCUT2D eigenvalue weighted by Crippen LogP contribution is 2.44. The highest BCUT2D eigenvalue weighted by atomic mass is 32.1. The summed E-state index contributed by atoms with van der Waals surface area (Å²) in [7, 11) is 0. The summed E-state index contributed by atoms with van der Waals surface area (Å²) < 4.78 is 5.97. The molecule has 170 valence electrons. The molecule has 5 heterocycles. The molecule has 1 aliphatic carbocycles. The van der Waals surface area contributed by atoms with Crippen LogP contribution in [0.2, 0.25) is 0 Å². The van der Waals surface area contributed by atoms with E-state index >= 15 is 0 Å². The predicted octanol–water partition coefficient (Wildman–Crippen LogP) is 3.98. The third-order valence-corrected chi connectivity index (χ3v) is 8.37. The van der Waals surface area contributed by atoms with Crippen molar-refractivity contribution in [2.24, 2.45) is 0 Å². The van der Waals surface area contributed by atoms with Gasteiger partial charge in [-0.15, -0.1) is 11.3 Å². The Morgan fingerprint density at radius 1 is 1.09 bits per heavy atom. The molecule has 0 unspecified atom stereocenters. The zero-order chi connectivity index (χ0) is 21.9. The molecule has 7 nitrogen and oxygen atoms in total. The van der Waals surface area contributed by atoms with Crippen molar-refractivity contribution in [2.45, 2.75) is 70.1 Å². The maximum Gasteiger partial charge on any atom is 0.254 e. The molecular formula is C24H31N5O2S. The standard InChI is InChI=1S/C24H31N5O2S/c1-23(2)6-4-3-5-9-29(23)18-12-16(20-17(26-18)13-25-21(20)30)22-27-19(14-32-22)28-10-11-31-24(15-28)7-8-24/h12,14H,3-11,13,15H2,1-2H3,(H,25,30). The van der Waals surface area contributed by atoms with Gasteiger partial charge in [0.05, 0.1) is 30.0 Å². The zero-order valence-electron chi connectivity index (χ0n) is 18.9. The zero-order valence-corrected chi connectivity index (χ0v) is 19.8. The molecular weight excluding hydrogens is 422 g/mol. The highest BCUT2D eigenvalue weighted by molar-refractivity contribution is 7.13. The first-order valence-corrected chi connectivity index (χ1v) is 12.8. The molecule has 2 aromatic rings. The van der Waals surface area contributed by atoms with Gasteiger partial charge in [0, 0.05) is 36.1 Å². The minimum absolute atomic E-state index is 0.0377. The summed E-state index contributed by atoms with van der Waals surface area (Å²) in [6.07, 6.45) is 7.13. The molecule has 0 aromatic carbocycles. The van der Waals surface area contributed by atoms with Crippen molar-refractivity contribution < 1.29 is 9.53 Å². The number of amides is 1. The Morgan fingerprint density at radius 2 is 1.97 bits per heavy atom. The summed E-state index contributed by atoms with van der Waals surface area (Å²) in [6.45, 7) is 8.65. The van der Waals surface area contributed by atoms with E-state index in [2.05, 4.69) is 40.4 Å². The number of aromatic nitrogens is 2. The molecule has 4 aliphatic rings. The van der Waals surface area contributed by atoms with Crippen LogP contribution in [0, 0.1) is 0 Å². The van der Waals surface area contributed by atoms with Gasteiger partial charge in [0.25, 0.3) is 5.91 Å². The number of carbonyl (C=O) groups is 1. The van der Waals surface area contributed by atoms with Gasteiger partial charge in [-0.25, -0.2) is 9.97 Å². The topological polar surface area (TPSA) is 70.6 Å². The number of fused-ring (bicyclic) bond motifs is 1. The molecule has 32 heavy (non-hydrogen) atoms. The van der Waals surface area contributed by atoms with Gasteiger partial charge in [-0.3, -0.25) is 4.79 Å². The number of anilines is 2. The van der Waals surface area contributed by atoms with E-state index in [0.717, 1.165) is 73.4 Å². The van der Waals surface area contributed by atoms with Crippen LogP contribution in [0.15, 0.2) is 11.4 Å². The predicted molar refractivity (Wildman–Crippen MR) is 127 cm³/mol. The third-order valence-electron chi connectivity index (χ3n) is 7.50. The maximum atomic E-state index is 12.7. The van der Waals surface area contributed by atoms with Crippen LogP contribution >= 0.6 is 11.3 Å². The van der Waals surface area contributed by atoms with Crippen molar-refractivity contribution in [3.8, 4) is 10.6 Å². The van der Waals surface area contributed by atoms with Crippen LogP contribution in [0.25, 0.3) is 10.6 Å². The van der Waals surface area contributed by atoms with E-state index in [4.69, 9.17) is 14.7 Å². The van der Waals surface area contributed by atoms with E-state index in [1.54, 1.807) is 11.3 Å². The Kier molecular flexibility index (Phi) is 4.73. The van der Waals surface area contributed by atoms with E-state index in [-0.39, 0.29) is 17.0 Å². The molecule has 2 saturated heterocycles. The number of carbonyl (C=O) groups excluding carboxylic acids is 1. The highest BCUT2D eigenvalue weighted by Gasteiger charge is 2.47. The van der Waals surface area contributed by atoms with Crippen molar-refractivity contribution in [3.05, 3.63) is 22.7 Å². The van der Waals surface area contributed by atoms with Gasteiger partial charge in [-0.2, -0.15) is 0 Å².